The zero-order chi connectivity index (χ0) is 17.2. The molecule has 0 saturated heterocycles. The molecule has 0 unspecified atom stereocenters. The normalized spacial score (nSPS) is 14.5. The molecule has 3 aromatic rings. The average Bonchev–Trinajstić information content (AvgIpc) is 3.10. The number of aromatic nitrogens is 2. The second-order valence-corrected chi connectivity index (χ2v) is 8.31. The Hall–Kier alpha value is -1.69. The monoisotopic (exact) mass is 367 g/mol. The smallest absolute Gasteiger partial charge is 0.187 e. The first kappa shape index (κ1) is 16.8. The van der Waals surface area contributed by atoms with Gasteiger partial charge in [0.15, 0.2) is 5.16 Å². The van der Waals surface area contributed by atoms with Crippen LogP contribution in [0.1, 0.15) is 21.7 Å². The lowest BCUT2D eigenvalue weighted by atomic mass is 10.1. The van der Waals surface area contributed by atoms with Crippen LogP contribution in [0.25, 0.3) is 10.4 Å². The molecule has 3 heterocycles. The van der Waals surface area contributed by atoms with Gasteiger partial charge in [-0.25, -0.2) is 9.97 Å². The summed E-state index contributed by atoms with van der Waals surface area (Å²) in [5.74, 6) is 0. The van der Waals surface area contributed by atoms with Crippen molar-refractivity contribution in [1.29, 1.82) is 0 Å². The number of aryl methyl sites for hydroxylation is 1. The van der Waals surface area contributed by atoms with Crippen molar-refractivity contribution >= 4 is 23.1 Å². The van der Waals surface area contributed by atoms with Gasteiger partial charge in [0.1, 0.15) is 0 Å². The third kappa shape index (κ3) is 3.64. The van der Waals surface area contributed by atoms with E-state index in [1.165, 1.54) is 32.1 Å². The molecule has 0 N–H and O–H groups in total. The van der Waals surface area contributed by atoms with Crippen LogP contribution in [0.3, 0.4) is 0 Å². The molecule has 1 aliphatic heterocycles. The second-order valence-electron chi connectivity index (χ2n) is 6.37. The van der Waals surface area contributed by atoms with Gasteiger partial charge in [-0.15, -0.1) is 11.3 Å². The predicted octanol–water partition coefficient (Wildman–Crippen LogP) is 4.79. The SMILES string of the molecule is CSc1ncc2c(n1)CCN(Cc1ccc(-c3ccccc3C)s1)C2. The third-order valence-corrected chi connectivity index (χ3v) is 6.29. The lowest BCUT2D eigenvalue weighted by molar-refractivity contribution is 0.244. The molecule has 128 valence electrons. The summed E-state index contributed by atoms with van der Waals surface area (Å²) >= 11 is 3.52. The Bertz CT molecular complexity index is 888. The van der Waals surface area contributed by atoms with Gasteiger partial charge in [-0.3, -0.25) is 4.90 Å². The van der Waals surface area contributed by atoms with E-state index in [1.54, 1.807) is 11.8 Å². The number of benzene rings is 1. The molecular weight excluding hydrogens is 346 g/mol. The lowest BCUT2D eigenvalue weighted by Gasteiger charge is -2.27. The highest BCUT2D eigenvalue weighted by Gasteiger charge is 2.19. The van der Waals surface area contributed by atoms with Crippen molar-refractivity contribution in [3.63, 3.8) is 0 Å². The van der Waals surface area contributed by atoms with E-state index >= 15 is 0 Å². The Labute approximate surface area is 157 Å². The summed E-state index contributed by atoms with van der Waals surface area (Å²) < 4.78 is 0. The van der Waals surface area contributed by atoms with Crippen molar-refractivity contribution in [2.24, 2.45) is 0 Å². The van der Waals surface area contributed by atoms with Crippen LogP contribution in [0.15, 0.2) is 47.8 Å². The zero-order valence-electron chi connectivity index (χ0n) is 14.5. The Morgan fingerprint density at radius 1 is 1.20 bits per heavy atom. The molecule has 5 heteroatoms. The number of nitrogens with zero attached hydrogens (tertiary/aromatic N) is 3. The van der Waals surface area contributed by atoms with Gasteiger partial charge >= 0.3 is 0 Å². The number of thiophene rings is 1. The molecule has 0 saturated carbocycles. The summed E-state index contributed by atoms with van der Waals surface area (Å²) in [7, 11) is 0. The first-order valence-electron chi connectivity index (χ1n) is 8.49. The summed E-state index contributed by atoms with van der Waals surface area (Å²) in [6, 6.07) is 13.1. The van der Waals surface area contributed by atoms with Gasteiger partial charge in [-0.1, -0.05) is 36.0 Å². The van der Waals surface area contributed by atoms with Crippen LogP contribution in [-0.2, 0) is 19.5 Å². The number of rotatable bonds is 4. The highest BCUT2D eigenvalue weighted by atomic mass is 32.2. The van der Waals surface area contributed by atoms with Gasteiger partial charge in [0.05, 0.1) is 5.69 Å². The van der Waals surface area contributed by atoms with E-state index < -0.39 is 0 Å². The molecule has 0 radical (unpaired) electrons. The largest absolute Gasteiger partial charge is 0.293 e. The van der Waals surface area contributed by atoms with Crippen molar-refractivity contribution in [3.8, 4) is 10.4 Å². The van der Waals surface area contributed by atoms with Crippen LogP contribution in [0.4, 0.5) is 0 Å². The van der Waals surface area contributed by atoms with Crippen LogP contribution in [0.2, 0.25) is 0 Å². The van der Waals surface area contributed by atoms with E-state index in [9.17, 15) is 0 Å². The quantitative estimate of drug-likeness (QED) is 0.489. The molecule has 25 heavy (non-hydrogen) atoms. The fourth-order valence-corrected chi connectivity index (χ4v) is 4.77. The first-order valence-corrected chi connectivity index (χ1v) is 10.5. The Morgan fingerprint density at radius 3 is 2.92 bits per heavy atom. The molecule has 4 rings (SSSR count). The fourth-order valence-electron chi connectivity index (χ4n) is 3.27. The minimum Gasteiger partial charge on any atom is -0.293 e. The van der Waals surface area contributed by atoms with Crippen LogP contribution < -0.4 is 0 Å². The standard InChI is InChI=1S/C20H21N3S2/c1-14-5-3-4-6-17(14)19-8-7-16(25-19)13-23-10-9-18-15(12-23)11-21-20(22-18)24-2/h3-8,11H,9-10,12-13H2,1-2H3. The molecule has 3 nitrogen and oxygen atoms in total. The number of thioether (sulfide) groups is 1. The first-order chi connectivity index (χ1) is 12.2. The number of hydrogen-bond acceptors (Lipinski definition) is 5. The fraction of sp³-hybridized carbons (Fsp3) is 0.300. The molecule has 0 fully saturated rings. The predicted molar refractivity (Wildman–Crippen MR) is 106 cm³/mol. The summed E-state index contributed by atoms with van der Waals surface area (Å²) in [6.45, 7) is 5.19. The Kier molecular flexibility index (Phi) is 4.88. The Balaban J connectivity index is 1.47. The van der Waals surface area contributed by atoms with Crippen LogP contribution in [0.5, 0.6) is 0 Å². The van der Waals surface area contributed by atoms with Crippen LogP contribution in [-0.4, -0.2) is 27.7 Å². The molecule has 1 aliphatic rings. The van der Waals surface area contributed by atoms with Gasteiger partial charge in [-0.2, -0.15) is 0 Å². The van der Waals surface area contributed by atoms with Crippen molar-refractivity contribution in [2.45, 2.75) is 31.6 Å². The molecule has 0 spiro atoms. The summed E-state index contributed by atoms with van der Waals surface area (Å²) in [4.78, 5) is 14.4. The van der Waals surface area contributed by atoms with E-state index in [2.05, 4.69) is 58.2 Å². The maximum absolute atomic E-state index is 4.65. The number of hydrogen-bond donors (Lipinski definition) is 0. The van der Waals surface area contributed by atoms with Crippen molar-refractivity contribution in [2.75, 3.05) is 12.8 Å². The molecule has 2 aromatic heterocycles. The maximum Gasteiger partial charge on any atom is 0.187 e. The van der Waals surface area contributed by atoms with Crippen molar-refractivity contribution < 1.29 is 0 Å². The average molecular weight is 368 g/mol. The second kappa shape index (κ2) is 7.28. The minimum absolute atomic E-state index is 0.883. The maximum atomic E-state index is 4.65. The highest BCUT2D eigenvalue weighted by Crippen LogP contribution is 2.31. The third-order valence-electron chi connectivity index (χ3n) is 4.63. The van der Waals surface area contributed by atoms with Gasteiger partial charge in [-0.05, 0) is 36.4 Å². The van der Waals surface area contributed by atoms with Crippen molar-refractivity contribution in [1.82, 2.24) is 14.9 Å². The molecule has 1 aromatic carbocycles. The van der Waals surface area contributed by atoms with Gasteiger partial charge in [0.2, 0.25) is 0 Å². The minimum atomic E-state index is 0.883. The highest BCUT2D eigenvalue weighted by molar-refractivity contribution is 7.98. The topological polar surface area (TPSA) is 29.0 Å². The summed E-state index contributed by atoms with van der Waals surface area (Å²) in [5.41, 5.74) is 5.19. The van der Waals surface area contributed by atoms with E-state index in [0.717, 1.165) is 31.2 Å². The molecule has 0 atom stereocenters. The van der Waals surface area contributed by atoms with Crippen molar-refractivity contribution in [3.05, 3.63) is 64.3 Å². The summed E-state index contributed by atoms with van der Waals surface area (Å²) in [5, 5.41) is 0.883. The summed E-state index contributed by atoms with van der Waals surface area (Å²) in [6.07, 6.45) is 5.05. The van der Waals surface area contributed by atoms with Crippen LogP contribution >= 0.6 is 23.1 Å². The van der Waals surface area contributed by atoms with E-state index in [4.69, 9.17) is 0 Å². The van der Waals surface area contributed by atoms with E-state index in [1.807, 2.05) is 23.8 Å². The van der Waals surface area contributed by atoms with Gasteiger partial charge in [0.25, 0.3) is 0 Å². The molecule has 0 aliphatic carbocycles. The van der Waals surface area contributed by atoms with Gasteiger partial charge < -0.3 is 0 Å². The molecular formula is C20H21N3S2. The Morgan fingerprint density at radius 2 is 2.08 bits per heavy atom. The van der Waals surface area contributed by atoms with E-state index in [-0.39, 0.29) is 0 Å². The van der Waals surface area contributed by atoms with Crippen LogP contribution in [0, 0.1) is 6.92 Å². The zero-order valence-corrected chi connectivity index (χ0v) is 16.2. The van der Waals surface area contributed by atoms with Gasteiger partial charge in [0, 0.05) is 47.6 Å². The number of fused-ring (bicyclic) bond motifs is 1. The molecule has 0 amide bonds. The van der Waals surface area contributed by atoms with E-state index in [0.29, 0.717) is 0 Å². The lowest BCUT2D eigenvalue weighted by Crippen LogP contribution is -2.30. The molecule has 0 bridgehead atoms.